The molecule has 0 aromatic heterocycles. The topological polar surface area (TPSA) is 12.0 Å². The second kappa shape index (κ2) is 4.79. The molecule has 1 aromatic rings. The molecule has 0 aliphatic heterocycles. The fraction of sp³-hybridized carbons (Fsp3) is 0.375. The lowest BCUT2D eigenvalue weighted by Gasteiger charge is -2.19. The molecule has 1 nitrogen and oxygen atoms in total. The van der Waals surface area contributed by atoms with Gasteiger partial charge in [0, 0.05) is 11.4 Å². The fourth-order valence-electron chi connectivity index (χ4n) is 1.93. The van der Waals surface area contributed by atoms with E-state index < -0.39 is 0 Å². The molecule has 0 saturated heterocycles. The molecule has 0 saturated carbocycles. The Morgan fingerprint density at radius 1 is 1.00 bits per heavy atom. The number of rotatable bonds is 2. The molecule has 0 radical (unpaired) electrons. The van der Waals surface area contributed by atoms with E-state index in [2.05, 4.69) is 68.6 Å². The van der Waals surface area contributed by atoms with E-state index in [4.69, 9.17) is 0 Å². The van der Waals surface area contributed by atoms with Crippen molar-refractivity contribution in [2.75, 3.05) is 5.32 Å². The maximum Gasteiger partial charge on any atom is 0.0384 e. The van der Waals surface area contributed by atoms with E-state index in [1.165, 1.54) is 11.3 Å². The standard InChI is InChI=1S/C16H21N/c1-16(2,3)13-9-11-15(12-10-13)17-14-7-5-4-6-8-14/h5,7-12,17H,4,6H2,1-3H3. The first-order chi connectivity index (χ1) is 8.05. The minimum atomic E-state index is 0.225. The van der Waals surface area contributed by atoms with Gasteiger partial charge >= 0.3 is 0 Å². The molecule has 1 aliphatic rings. The van der Waals surface area contributed by atoms with Crippen LogP contribution in [-0.2, 0) is 5.41 Å². The second-order valence-electron chi connectivity index (χ2n) is 5.59. The zero-order valence-electron chi connectivity index (χ0n) is 11.0. The van der Waals surface area contributed by atoms with E-state index >= 15 is 0 Å². The van der Waals surface area contributed by atoms with Crippen LogP contribution in [0.25, 0.3) is 0 Å². The van der Waals surface area contributed by atoms with E-state index in [1.807, 2.05) is 0 Å². The summed E-state index contributed by atoms with van der Waals surface area (Å²) >= 11 is 0. The third-order valence-corrected chi connectivity index (χ3v) is 3.03. The van der Waals surface area contributed by atoms with Crippen LogP contribution in [0, 0.1) is 0 Å². The van der Waals surface area contributed by atoms with Gasteiger partial charge in [-0.15, -0.1) is 0 Å². The van der Waals surface area contributed by atoms with E-state index in [-0.39, 0.29) is 5.41 Å². The second-order valence-corrected chi connectivity index (χ2v) is 5.59. The van der Waals surface area contributed by atoms with Crippen molar-refractivity contribution >= 4 is 5.69 Å². The summed E-state index contributed by atoms with van der Waals surface area (Å²) in [6, 6.07) is 8.72. The molecule has 1 N–H and O–H groups in total. The highest BCUT2D eigenvalue weighted by atomic mass is 14.9. The molecule has 17 heavy (non-hydrogen) atoms. The number of allylic oxidation sites excluding steroid dienone is 3. The minimum absolute atomic E-state index is 0.225. The zero-order chi connectivity index (χ0) is 12.3. The van der Waals surface area contributed by atoms with Crippen LogP contribution in [0.1, 0.15) is 39.2 Å². The molecule has 2 rings (SSSR count). The van der Waals surface area contributed by atoms with E-state index in [9.17, 15) is 0 Å². The van der Waals surface area contributed by atoms with Gasteiger partial charge in [-0.1, -0.05) is 45.1 Å². The van der Waals surface area contributed by atoms with Crippen LogP contribution in [0.5, 0.6) is 0 Å². The fourth-order valence-corrected chi connectivity index (χ4v) is 1.93. The van der Waals surface area contributed by atoms with Gasteiger partial charge in [0.15, 0.2) is 0 Å². The zero-order valence-corrected chi connectivity index (χ0v) is 11.0. The largest absolute Gasteiger partial charge is 0.356 e. The number of hydrogen-bond acceptors (Lipinski definition) is 1. The van der Waals surface area contributed by atoms with Crippen LogP contribution in [0.3, 0.4) is 0 Å². The molecular formula is C16H21N. The van der Waals surface area contributed by atoms with Gasteiger partial charge in [-0.05, 0) is 42.0 Å². The highest BCUT2D eigenvalue weighted by Gasteiger charge is 2.12. The number of hydrogen-bond donors (Lipinski definition) is 1. The Hall–Kier alpha value is -1.50. The van der Waals surface area contributed by atoms with E-state index in [0.29, 0.717) is 0 Å². The van der Waals surface area contributed by atoms with Crippen molar-refractivity contribution in [2.24, 2.45) is 0 Å². The van der Waals surface area contributed by atoms with E-state index in [0.717, 1.165) is 18.5 Å². The molecule has 0 amide bonds. The Labute approximate surface area is 104 Å². The van der Waals surface area contributed by atoms with Crippen LogP contribution < -0.4 is 5.32 Å². The molecule has 0 heterocycles. The molecule has 0 fully saturated rings. The van der Waals surface area contributed by atoms with Crippen molar-refractivity contribution in [3.8, 4) is 0 Å². The van der Waals surface area contributed by atoms with Gasteiger partial charge in [0.2, 0.25) is 0 Å². The lowest BCUT2D eigenvalue weighted by Crippen LogP contribution is -2.10. The molecule has 0 bridgehead atoms. The van der Waals surface area contributed by atoms with Crippen LogP contribution >= 0.6 is 0 Å². The van der Waals surface area contributed by atoms with Crippen LogP contribution in [0.15, 0.2) is 48.2 Å². The normalized spacial score (nSPS) is 15.6. The summed E-state index contributed by atoms with van der Waals surface area (Å²) in [7, 11) is 0. The quantitative estimate of drug-likeness (QED) is 0.776. The number of anilines is 1. The van der Waals surface area contributed by atoms with Crippen molar-refractivity contribution < 1.29 is 0 Å². The highest BCUT2D eigenvalue weighted by Crippen LogP contribution is 2.24. The van der Waals surface area contributed by atoms with Crippen molar-refractivity contribution in [1.29, 1.82) is 0 Å². The smallest absolute Gasteiger partial charge is 0.0384 e. The molecule has 0 atom stereocenters. The molecule has 0 spiro atoms. The molecule has 1 aliphatic carbocycles. The van der Waals surface area contributed by atoms with Gasteiger partial charge in [0.05, 0.1) is 0 Å². The average Bonchev–Trinajstić information content (AvgIpc) is 2.30. The summed E-state index contributed by atoms with van der Waals surface area (Å²) in [4.78, 5) is 0. The highest BCUT2D eigenvalue weighted by molar-refractivity contribution is 5.52. The third kappa shape index (κ3) is 3.23. The average molecular weight is 227 g/mol. The first-order valence-electron chi connectivity index (χ1n) is 6.30. The maximum atomic E-state index is 3.43. The van der Waals surface area contributed by atoms with Gasteiger partial charge in [0.25, 0.3) is 0 Å². The van der Waals surface area contributed by atoms with Crippen LogP contribution in [-0.4, -0.2) is 0 Å². The van der Waals surface area contributed by atoms with Crippen molar-refractivity contribution in [3.05, 3.63) is 53.8 Å². The molecular weight excluding hydrogens is 206 g/mol. The maximum absolute atomic E-state index is 3.43. The predicted octanol–water partition coefficient (Wildman–Crippen LogP) is 4.63. The molecule has 1 heteroatoms. The third-order valence-electron chi connectivity index (χ3n) is 3.03. The van der Waals surface area contributed by atoms with E-state index in [1.54, 1.807) is 0 Å². The van der Waals surface area contributed by atoms with Crippen molar-refractivity contribution in [2.45, 2.75) is 39.0 Å². The monoisotopic (exact) mass is 227 g/mol. The lowest BCUT2D eigenvalue weighted by atomic mass is 9.87. The van der Waals surface area contributed by atoms with Gasteiger partial charge in [-0.25, -0.2) is 0 Å². The molecule has 0 unspecified atom stereocenters. The first-order valence-corrected chi connectivity index (χ1v) is 6.30. The predicted molar refractivity (Wildman–Crippen MR) is 75.2 cm³/mol. The van der Waals surface area contributed by atoms with Crippen LogP contribution in [0.2, 0.25) is 0 Å². The Balaban J connectivity index is 2.08. The molecule has 1 aromatic carbocycles. The summed E-state index contributed by atoms with van der Waals surface area (Å²) in [6.07, 6.45) is 8.91. The Kier molecular flexibility index (Phi) is 3.37. The lowest BCUT2D eigenvalue weighted by molar-refractivity contribution is 0.590. The summed E-state index contributed by atoms with van der Waals surface area (Å²) in [5.41, 5.74) is 3.97. The van der Waals surface area contributed by atoms with Crippen molar-refractivity contribution in [1.82, 2.24) is 0 Å². The van der Waals surface area contributed by atoms with Crippen LogP contribution in [0.4, 0.5) is 5.69 Å². The first kappa shape index (κ1) is 12.0. The Morgan fingerprint density at radius 2 is 1.71 bits per heavy atom. The molecule has 90 valence electrons. The van der Waals surface area contributed by atoms with Gasteiger partial charge < -0.3 is 5.32 Å². The summed E-state index contributed by atoms with van der Waals surface area (Å²) in [6.45, 7) is 6.71. The summed E-state index contributed by atoms with van der Waals surface area (Å²) in [5.74, 6) is 0. The Morgan fingerprint density at radius 3 is 2.24 bits per heavy atom. The summed E-state index contributed by atoms with van der Waals surface area (Å²) < 4.78 is 0. The number of benzene rings is 1. The van der Waals surface area contributed by atoms with Gasteiger partial charge in [-0.3, -0.25) is 0 Å². The Bertz CT molecular complexity index is 430. The van der Waals surface area contributed by atoms with Crippen molar-refractivity contribution in [3.63, 3.8) is 0 Å². The van der Waals surface area contributed by atoms with Gasteiger partial charge in [-0.2, -0.15) is 0 Å². The minimum Gasteiger partial charge on any atom is -0.356 e. The SMILES string of the molecule is CC(C)(C)c1ccc(NC2=CCCC=C2)cc1. The summed E-state index contributed by atoms with van der Waals surface area (Å²) in [5, 5.41) is 3.43. The van der Waals surface area contributed by atoms with Gasteiger partial charge in [0.1, 0.15) is 0 Å². The number of nitrogens with one attached hydrogen (secondary N) is 1.